The number of nitrogens with zero attached hydrogens (tertiary/aromatic N) is 2. The van der Waals surface area contributed by atoms with Crippen LogP contribution in [0.5, 0.6) is 28.7 Å². The number of rotatable bonds is 9. The van der Waals surface area contributed by atoms with Crippen molar-refractivity contribution in [2.75, 3.05) is 28.4 Å². The monoisotopic (exact) mass is 567 g/mol. The Morgan fingerprint density at radius 2 is 1.62 bits per heavy atom. The molecule has 10 nitrogen and oxygen atoms in total. The molecule has 0 aliphatic carbocycles. The van der Waals surface area contributed by atoms with Gasteiger partial charge in [-0.3, -0.25) is 19.0 Å². The molecule has 3 aromatic heterocycles. The van der Waals surface area contributed by atoms with E-state index in [0.29, 0.717) is 62.6 Å². The van der Waals surface area contributed by atoms with Crippen LogP contribution >= 0.6 is 0 Å². The fourth-order valence-electron chi connectivity index (χ4n) is 5.45. The van der Waals surface area contributed by atoms with Gasteiger partial charge in [-0.25, -0.2) is 0 Å². The number of benzene rings is 3. The van der Waals surface area contributed by atoms with E-state index >= 15 is 0 Å². The van der Waals surface area contributed by atoms with Crippen molar-refractivity contribution in [2.45, 2.75) is 19.6 Å². The van der Waals surface area contributed by atoms with E-state index in [0.717, 1.165) is 16.3 Å². The second-order valence-electron chi connectivity index (χ2n) is 9.77. The molecule has 0 saturated carbocycles. The predicted octanol–water partition coefficient (Wildman–Crippen LogP) is 4.71. The number of carbonyl (C=O) groups excluding carboxylic acids is 1. The highest BCUT2D eigenvalue weighted by atomic mass is 16.5. The average Bonchev–Trinajstić information content (AvgIpc) is 3.36. The zero-order valence-corrected chi connectivity index (χ0v) is 23.8. The third-order valence-electron chi connectivity index (χ3n) is 7.46. The van der Waals surface area contributed by atoms with Gasteiger partial charge in [0, 0.05) is 28.9 Å². The van der Waals surface area contributed by atoms with Crippen molar-refractivity contribution in [2.24, 2.45) is 0 Å². The van der Waals surface area contributed by atoms with Crippen molar-refractivity contribution in [1.82, 2.24) is 14.7 Å². The lowest BCUT2D eigenvalue weighted by molar-refractivity contribution is -0.127. The Balaban J connectivity index is 1.34. The molecule has 6 rings (SSSR count). The van der Waals surface area contributed by atoms with Crippen LogP contribution < -0.4 is 34.6 Å². The maximum Gasteiger partial charge on any atom is 0.267 e. The Bertz CT molecular complexity index is 2040. The standard InChI is InChI=1S/C32H29N3O7/c1-17(31(36)34-16-18-6-10-24(38-2)26(14-18)40-4)42-19-7-9-23-22(15-19)20-12-13-33-28-21-8-11-25(39-3)30(41-5)27(21)32(37)35(23)29(20)28/h6-15,17H,16H2,1-5H3,(H,34,36). The van der Waals surface area contributed by atoms with Gasteiger partial charge in [0.15, 0.2) is 29.1 Å². The van der Waals surface area contributed by atoms with Crippen LogP contribution in [0.25, 0.3) is 38.1 Å². The summed E-state index contributed by atoms with van der Waals surface area (Å²) in [5, 5.41) is 5.62. The van der Waals surface area contributed by atoms with E-state index in [2.05, 4.69) is 10.3 Å². The number of ether oxygens (including phenoxy) is 5. The van der Waals surface area contributed by atoms with Gasteiger partial charge in [-0.2, -0.15) is 0 Å². The summed E-state index contributed by atoms with van der Waals surface area (Å²) in [6.45, 7) is 1.99. The molecule has 1 unspecified atom stereocenters. The summed E-state index contributed by atoms with van der Waals surface area (Å²) in [7, 11) is 6.18. The first-order valence-electron chi connectivity index (χ1n) is 13.3. The summed E-state index contributed by atoms with van der Waals surface area (Å²) in [4.78, 5) is 31.5. The molecule has 3 aromatic carbocycles. The summed E-state index contributed by atoms with van der Waals surface area (Å²) in [6, 6.07) is 16.4. The van der Waals surface area contributed by atoms with Gasteiger partial charge < -0.3 is 29.0 Å². The second-order valence-corrected chi connectivity index (χ2v) is 9.77. The molecule has 0 bridgehead atoms. The average molecular weight is 568 g/mol. The Labute approximate surface area is 240 Å². The van der Waals surface area contributed by atoms with Crippen molar-refractivity contribution in [3.05, 3.63) is 76.7 Å². The van der Waals surface area contributed by atoms with E-state index in [9.17, 15) is 9.59 Å². The zero-order valence-electron chi connectivity index (χ0n) is 23.8. The van der Waals surface area contributed by atoms with Gasteiger partial charge in [0.2, 0.25) is 0 Å². The predicted molar refractivity (Wildman–Crippen MR) is 160 cm³/mol. The molecule has 6 aromatic rings. The van der Waals surface area contributed by atoms with Crippen molar-refractivity contribution < 1.29 is 28.5 Å². The number of methoxy groups -OCH3 is 4. The maximum absolute atomic E-state index is 13.9. The molecule has 10 heteroatoms. The smallest absolute Gasteiger partial charge is 0.267 e. The van der Waals surface area contributed by atoms with Gasteiger partial charge >= 0.3 is 0 Å². The van der Waals surface area contributed by atoms with Gasteiger partial charge in [0.1, 0.15) is 5.75 Å². The van der Waals surface area contributed by atoms with Crippen LogP contribution in [-0.4, -0.2) is 49.8 Å². The largest absolute Gasteiger partial charge is 0.493 e. The minimum atomic E-state index is -0.772. The molecule has 0 radical (unpaired) electrons. The van der Waals surface area contributed by atoms with Gasteiger partial charge in [0.25, 0.3) is 11.5 Å². The molecule has 1 N–H and O–H groups in total. The van der Waals surface area contributed by atoms with Gasteiger partial charge in [-0.05, 0) is 61.0 Å². The summed E-state index contributed by atoms with van der Waals surface area (Å²) in [5.41, 5.74) is 2.69. The normalized spacial score (nSPS) is 12.1. The lowest BCUT2D eigenvalue weighted by Crippen LogP contribution is -2.35. The molecule has 0 saturated heterocycles. The fraction of sp³-hybridized carbons (Fsp3) is 0.219. The zero-order chi connectivity index (χ0) is 29.5. The SMILES string of the molecule is COc1ccc(CNC(=O)C(C)Oc2ccc3c(c2)c2ccnc4c5ccc(OC)c(OC)c5c(=O)n3c24)cc1OC. The lowest BCUT2D eigenvalue weighted by Gasteiger charge is -2.15. The quantitative estimate of drug-likeness (QED) is 0.250. The molecule has 0 aliphatic rings. The number of nitrogens with one attached hydrogen (secondary N) is 1. The first-order chi connectivity index (χ1) is 20.4. The Hall–Kier alpha value is -5.25. The Morgan fingerprint density at radius 1 is 0.857 bits per heavy atom. The summed E-state index contributed by atoms with van der Waals surface area (Å²) in [5.74, 6) is 2.25. The molecule has 0 aliphatic heterocycles. The van der Waals surface area contributed by atoms with Crippen molar-refractivity contribution in [3.63, 3.8) is 0 Å². The van der Waals surface area contributed by atoms with E-state index in [4.69, 9.17) is 23.7 Å². The molecule has 42 heavy (non-hydrogen) atoms. The van der Waals surface area contributed by atoms with E-state index < -0.39 is 6.10 Å². The van der Waals surface area contributed by atoms with Crippen molar-refractivity contribution in [1.29, 1.82) is 0 Å². The Kier molecular flexibility index (Phi) is 6.82. The topological polar surface area (TPSA) is 110 Å². The Morgan fingerprint density at radius 3 is 2.36 bits per heavy atom. The molecule has 0 spiro atoms. The molecule has 3 heterocycles. The highest BCUT2D eigenvalue weighted by Crippen LogP contribution is 2.39. The third-order valence-corrected chi connectivity index (χ3v) is 7.46. The van der Waals surface area contributed by atoms with Gasteiger partial charge in [-0.1, -0.05) is 6.07 Å². The van der Waals surface area contributed by atoms with E-state index in [1.165, 1.54) is 14.2 Å². The number of fused-ring (bicyclic) bond motifs is 5. The van der Waals surface area contributed by atoms with E-state index in [-0.39, 0.29) is 11.5 Å². The van der Waals surface area contributed by atoms with Crippen molar-refractivity contribution in [3.8, 4) is 28.7 Å². The third kappa shape index (κ3) is 4.23. The van der Waals surface area contributed by atoms with Gasteiger partial charge in [0.05, 0.1) is 50.4 Å². The highest BCUT2D eigenvalue weighted by molar-refractivity contribution is 6.19. The lowest BCUT2D eigenvalue weighted by atomic mass is 10.1. The van der Waals surface area contributed by atoms with Crippen molar-refractivity contribution >= 4 is 44.0 Å². The summed E-state index contributed by atoms with van der Waals surface area (Å²) in [6.07, 6.45) is 0.946. The van der Waals surface area contributed by atoms with Crippen LogP contribution in [0.1, 0.15) is 12.5 Å². The molecular formula is C32H29N3O7. The van der Waals surface area contributed by atoms with Crippen LogP contribution in [0.4, 0.5) is 0 Å². The van der Waals surface area contributed by atoms with Crippen LogP contribution in [0, 0.1) is 0 Å². The second kappa shape index (κ2) is 10.6. The number of pyridine rings is 2. The maximum atomic E-state index is 13.9. The number of aromatic nitrogens is 2. The fourth-order valence-corrected chi connectivity index (χ4v) is 5.45. The molecule has 1 amide bonds. The van der Waals surface area contributed by atoms with Gasteiger partial charge in [-0.15, -0.1) is 0 Å². The highest BCUT2D eigenvalue weighted by Gasteiger charge is 2.23. The first-order valence-corrected chi connectivity index (χ1v) is 13.3. The number of hydrogen-bond donors (Lipinski definition) is 1. The van der Waals surface area contributed by atoms with Crippen LogP contribution in [0.3, 0.4) is 0 Å². The van der Waals surface area contributed by atoms with Crippen LogP contribution in [0.2, 0.25) is 0 Å². The number of amides is 1. The summed E-state index contributed by atoms with van der Waals surface area (Å²) >= 11 is 0. The number of carbonyl (C=O) groups is 1. The molecule has 214 valence electrons. The summed E-state index contributed by atoms with van der Waals surface area (Å²) < 4.78 is 29.4. The first kappa shape index (κ1) is 26.9. The van der Waals surface area contributed by atoms with Crippen LogP contribution in [0.15, 0.2) is 65.6 Å². The minimum Gasteiger partial charge on any atom is -0.493 e. The van der Waals surface area contributed by atoms with Crippen LogP contribution in [-0.2, 0) is 11.3 Å². The number of hydrogen-bond acceptors (Lipinski definition) is 8. The minimum absolute atomic E-state index is 0.238. The molecule has 0 fully saturated rings. The molecule has 1 atom stereocenters. The van der Waals surface area contributed by atoms with E-state index in [1.54, 1.807) is 49.9 Å². The molecular weight excluding hydrogens is 538 g/mol. The van der Waals surface area contributed by atoms with E-state index in [1.807, 2.05) is 36.4 Å².